The van der Waals surface area contributed by atoms with Crippen LogP contribution >= 0.6 is 11.6 Å². The summed E-state index contributed by atoms with van der Waals surface area (Å²) in [6.07, 6.45) is 2.76. The van der Waals surface area contributed by atoms with Gasteiger partial charge in [-0.1, -0.05) is 11.6 Å². The number of hydrogen-bond donors (Lipinski definition) is 3. The van der Waals surface area contributed by atoms with Crippen molar-refractivity contribution in [2.75, 3.05) is 6.54 Å². The SMILES string of the molecule is N=CC(=C(N)c1cc(Cl)ccc1F)c1ccc2ncc(-c3nc4n(n3)CCNC4)cc2n1. The molecule has 1 aromatic carbocycles. The fourth-order valence-corrected chi connectivity index (χ4v) is 3.78. The number of allylic oxidation sites excluding steroid dienone is 1. The maximum absolute atomic E-state index is 14.3. The Balaban J connectivity index is 1.59. The number of rotatable bonds is 4. The maximum Gasteiger partial charge on any atom is 0.183 e. The van der Waals surface area contributed by atoms with Gasteiger partial charge in [-0.25, -0.2) is 19.0 Å². The lowest BCUT2D eigenvalue weighted by Gasteiger charge is -2.11. The highest BCUT2D eigenvalue weighted by atomic mass is 35.5. The number of fused-ring (bicyclic) bond motifs is 2. The van der Waals surface area contributed by atoms with E-state index < -0.39 is 5.82 Å². The van der Waals surface area contributed by atoms with Crippen molar-refractivity contribution in [3.63, 3.8) is 0 Å². The molecular weight excluding hydrogens is 431 g/mol. The largest absolute Gasteiger partial charge is 0.398 e. The first-order valence-electron chi connectivity index (χ1n) is 9.91. The topological polar surface area (TPSA) is 118 Å². The van der Waals surface area contributed by atoms with E-state index in [9.17, 15) is 4.39 Å². The minimum absolute atomic E-state index is 0.0758. The number of nitrogens with zero attached hydrogens (tertiary/aromatic N) is 5. The van der Waals surface area contributed by atoms with E-state index in [2.05, 4.69) is 25.4 Å². The van der Waals surface area contributed by atoms with E-state index in [1.807, 2.05) is 10.7 Å². The molecule has 8 nitrogen and oxygen atoms in total. The molecule has 0 fully saturated rings. The fraction of sp³-hybridized carbons (Fsp3) is 0.136. The predicted molar refractivity (Wildman–Crippen MR) is 121 cm³/mol. The first-order valence-corrected chi connectivity index (χ1v) is 10.3. The zero-order valence-corrected chi connectivity index (χ0v) is 17.6. The van der Waals surface area contributed by atoms with Gasteiger partial charge in [-0.2, -0.15) is 5.10 Å². The van der Waals surface area contributed by atoms with Gasteiger partial charge in [0.05, 0.1) is 35.5 Å². The van der Waals surface area contributed by atoms with Crippen molar-refractivity contribution in [1.82, 2.24) is 30.0 Å². The van der Waals surface area contributed by atoms with Crippen LogP contribution in [0.5, 0.6) is 0 Å². The average molecular weight is 449 g/mol. The summed E-state index contributed by atoms with van der Waals surface area (Å²) in [5, 5.41) is 16.0. The molecule has 160 valence electrons. The third kappa shape index (κ3) is 3.61. The molecule has 0 saturated heterocycles. The molecule has 0 unspecified atom stereocenters. The Labute approximate surface area is 187 Å². The molecule has 0 bridgehead atoms. The van der Waals surface area contributed by atoms with Crippen LogP contribution in [-0.4, -0.2) is 37.5 Å². The average Bonchev–Trinajstić information content (AvgIpc) is 3.25. The second-order valence-corrected chi connectivity index (χ2v) is 7.74. The number of benzene rings is 1. The first-order chi connectivity index (χ1) is 15.5. The molecule has 0 aliphatic carbocycles. The summed E-state index contributed by atoms with van der Waals surface area (Å²) in [6.45, 7) is 2.28. The predicted octanol–water partition coefficient (Wildman–Crippen LogP) is 3.26. The quantitative estimate of drug-likeness (QED) is 0.412. The molecule has 1 aliphatic heterocycles. The van der Waals surface area contributed by atoms with Crippen LogP contribution in [0, 0.1) is 11.2 Å². The van der Waals surface area contributed by atoms with Crippen molar-refractivity contribution in [3.05, 3.63) is 70.5 Å². The van der Waals surface area contributed by atoms with Crippen LogP contribution in [0.4, 0.5) is 4.39 Å². The number of hydrogen-bond acceptors (Lipinski definition) is 7. The summed E-state index contributed by atoms with van der Waals surface area (Å²) in [6, 6.07) is 9.43. The third-order valence-corrected chi connectivity index (χ3v) is 5.49. The molecule has 0 atom stereocenters. The van der Waals surface area contributed by atoms with Crippen molar-refractivity contribution in [2.45, 2.75) is 13.1 Å². The van der Waals surface area contributed by atoms with Gasteiger partial charge in [0.1, 0.15) is 11.6 Å². The zero-order chi connectivity index (χ0) is 22.2. The van der Waals surface area contributed by atoms with E-state index in [1.54, 1.807) is 18.3 Å². The lowest BCUT2D eigenvalue weighted by molar-refractivity contribution is 0.469. The van der Waals surface area contributed by atoms with Crippen molar-refractivity contribution < 1.29 is 4.39 Å². The molecule has 32 heavy (non-hydrogen) atoms. The Morgan fingerprint density at radius 3 is 2.88 bits per heavy atom. The number of halogens is 2. The summed E-state index contributed by atoms with van der Waals surface area (Å²) >= 11 is 6.00. The molecule has 1 aliphatic rings. The van der Waals surface area contributed by atoms with Gasteiger partial charge in [0, 0.05) is 40.7 Å². The second-order valence-electron chi connectivity index (χ2n) is 7.31. The highest BCUT2D eigenvalue weighted by Gasteiger charge is 2.17. The highest BCUT2D eigenvalue weighted by Crippen LogP contribution is 2.27. The molecule has 4 N–H and O–H groups in total. The van der Waals surface area contributed by atoms with Gasteiger partial charge in [-0.15, -0.1) is 0 Å². The fourth-order valence-electron chi connectivity index (χ4n) is 3.61. The van der Waals surface area contributed by atoms with Gasteiger partial charge < -0.3 is 16.5 Å². The van der Waals surface area contributed by atoms with Crippen LogP contribution in [-0.2, 0) is 13.1 Å². The van der Waals surface area contributed by atoms with E-state index in [1.165, 1.54) is 18.2 Å². The Morgan fingerprint density at radius 2 is 2.06 bits per heavy atom. The minimum Gasteiger partial charge on any atom is -0.398 e. The Morgan fingerprint density at radius 1 is 1.19 bits per heavy atom. The molecule has 0 radical (unpaired) electrons. The van der Waals surface area contributed by atoms with Crippen molar-refractivity contribution in [2.24, 2.45) is 5.73 Å². The monoisotopic (exact) mass is 448 g/mol. The van der Waals surface area contributed by atoms with E-state index in [0.29, 0.717) is 34.1 Å². The van der Waals surface area contributed by atoms with Crippen molar-refractivity contribution in [3.8, 4) is 11.4 Å². The van der Waals surface area contributed by atoms with Crippen LogP contribution in [0.2, 0.25) is 5.02 Å². The summed E-state index contributed by atoms with van der Waals surface area (Å²) in [7, 11) is 0. The normalized spacial score (nSPS) is 14.2. The van der Waals surface area contributed by atoms with Crippen LogP contribution in [0.25, 0.3) is 33.7 Å². The van der Waals surface area contributed by atoms with Gasteiger partial charge in [-0.05, 0) is 36.4 Å². The second kappa shape index (κ2) is 8.10. The maximum atomic E-state index is 14.3. The van der Waals surface area contributed by atoms with E-state index in [0.717, 1.165) is 30.7 Å². The van der Waals surface area contributed by atoms with E-state index in [4.69, 9.17) is 22.7 Å². The van der Waals surface area contributed by atoms with Crippen LogP contribution in [0.3, 0.4) is 0 Å². The van der Waals surface area contributed by atoms with Gasteiger partial charge in [0.2, 0.25) is 0 Å². The third-order valence-electron chi connectivity index (χ3n) is 5.26. The summed E-state index contributed by atoms with van der Waals surface area (Å²) < 4.78 is 16.2. The molecule has 4 aromatic rings. The standard InChI is InChI=1S/C22H18ClFN8/c23-13-1-2-16(24)14(8-13)21(26)15(9-25)17-3-4-18-19(29-17)7-12(10-28-18)22-30-20-11-27-5-6-32(20)31-22/h1-4,7-10,25,27H,5-6,11,26H2. The Hall–Kier alpha value is -3.69. The molecule has 5 rings (SSSR count). The van der Waals surface area contributed by atoms with Crippen LogP contribution in [0.1, 0.15) is 17.1 Å². The summed E-state index contributed by atoms with van der Waals surface area (Å²) in [5.41, 5.74) is 9.10. The number of nitrogens with two attached hydrogens (primary N) is 1. The van der Waals surface area contributed by atoms with Crippen molar-refractivity contribution in [1.29, 1.82) is 5.41 Å². The van der Waals surface area contributed by atoms with E-state index >= 15 is 0 Å². The van der Waals surface area contributed by atoms with Gasteiger partial charge in [0.25, 0.3) is 0 Å². The summed E-state index contributed by atoms with van der Waals surface area (Å²) in [4.78, 5) is 13.7. The Bertz CT molecular complexity index is 1370. The minimum atomic E-state index is -0.527. The van der Waals surface area contributed by atoms with Crippen molar-refractivity contribution >= 4 is 40.1 Å². The lowest BCUT2D eigenvalue weighted by atomic mass is 10.0. The smallest absolute Gasteiger partial charge is 0.183 e. The Kier molecular flexibility index (Phi) is 5.12. The van der Waals surface area contributed by atoms with Gasteiger partial charge in [-0.3, -0.25) is 4.98 Å². The highest BCUT2D eigenvalue weighted by molar-refractivity contribution is 6.31. The number of aromatic nitrogens is 5. The molecule has 4 heterocycles. The number of pyridine rings is 2. The molecule has 0 amide bonds. The molecule has 10 heteroatoms. The lowest BCUT2D eigenvalue weighted by Crippen LogP contribution is -2.28. The van der Waals surface area contributed by atoms with Crippen LogP contribution in [0.15, 0.2) is 42.6 Å². The zero-order valence-electron chi connectivity index (χ0n) is 16.8. The first kappa shape index (κ1) is 20.2. The van der Waals surface area contributed by atoms with Crippen LogP contribution < -0.4 is 11.1 Å². The molecule has 3 aromatic heterocycles. The molecular formula is C22H18ClFN8. The van der Waals surface area contributed by atoms with Gasteiger partial charge >= 0.3 is 0 Å². The molecule has 0 saturated carbocycles. The number of nitrogens with one attached hydrogen (secondary N) is 2. The van der Waals surface area contributed by atoms with Gasteiger partial charge in [0.15, 0.2) is 5.82 Å². The molecule has 0 spiro atoms. The summed E-state index contributed by atoms with van der Waals surface area (Å²) in [5.74, 6) is 0.923. The van der Waals surface area contributed by atoms with E-state index in [-0.39, 0.29) is 16.8 Å².